The summed E-state index contributed by atoms with van der Waals surface area (Å²) in [5, 5.41) is 4.30. The van der Waals surface area contributed by atoms with Crippen LogP contribution in [0.1, 0.15) is 36.1 Å². The molecule has 5 rings (SSSR count). The van der Waals surface area contributed by atoms with Crippen molar-refractivity contribution in [2.75, 3.05) is 20.6 Å². The van der Waals surface area contributed by atoms with Gasteiger partial charge >= 0.3 is 0 Å². The first-order chi connectivity index (χ1) is 14.4. The maximum absolute atomic E-state index is 16.2. The molecule has 3 aromatic rings. The van der Waals surface area contributed by atoms with Crippen molar-refractivity contribution in [1.29, 1.82) is 0 Å². The van der Waals surface area contributed by atoms with Crippen LogP contribution in [-0.4, -0.2) is 36.7 Å². The number of H-pyrrole nitrogens is 1. The standard InChI is InChI=1S/C24H26F3N3/c1-30(2)23(15-4-3-5-16(25)12-15)9-10-24(21(27)14-23)22-18(8-11-28-24)19-13-17(26)6-7-20(19)29-22/h3-7,12-13,21,28-29H,8-11,14H2,1-2H3. The van der Waals surface area contributed by atoms with E-state index in [0.29, 0.717) is 19.4 Å². The summed E-state index contributed by atoms with van der Waals surface area (Å²) in [4.78, 5) is 5.42. The molecular formula is C24H26F3N3. The molecule has 2 N–H and O–H groups in total. The summed E-state index contributed by atoms with van der Waals surface area (Å²) < 4.78 is 44.0. The number of aromatic amines is 1. The normalized spacial score (nSPS) is 28.9. The second-order valence-corrected chi connectivity index (χ2v) is 8.92. The number of nitrogens with zero attached hydrogens (tertiary/aromatic N) is 1. The topological polar surface area (TPSA) is 31.1 Å². The third-order valence-corrected chi connectivity index (χ3v) is 7.33. The highest BCUT2D eigenvalue weighted by Gasteiger charge is 2.54. The molecule has 1 aliphatic carbocycles. The summed E-state index contributed by atoms with van der Waals surface area (Å²) in [5.41, 5.74) is 2.08. The van der Waals surface area contributed by atoms with Crippen molar-refractivity contribution in [1.82, 2.24) is 15.2 Å². The van der Waals surface area contributed by atoms with Crippen molar-refractivity contribution < 1.29 is 13.2 Å². The number of halogens is 3. The van der Waals surface area contributed by atoms with Gasteiger partial charge in [-0.2, -0.15) is 0 Å². The van der Waals surface area contributed by atoms with Crippen LogP contribution in [0.5, 0.6) is 0 Å². The Kier molecular flexibility index (Phi) is 4.49. The average Bonchev–Trinajstić information content (AvgIpc) is 3.09. The van der Waals surface area contributed by atoms with E-state index in [0.717, 1.165) is 34.1 Å². The lowest BCUT2D eigenvalue weighted by Crippen LogP contribution is -2.61. The number of aromatic nitrogens is 1. The molecule has 2 aromatic carbocycles. The monoisotopic (exact) mass is 413 g/mol. The van der Waals surface area contributed by atoms with Crippen LogP contribution in [0.15, 0.2) is 42.5 Å². The molecule has 3 unspecified atom stereocenters. The Balaban J connectivity index is 1.59. The van der Waals surface area contributed by atoms with Crippen molar-refractivity contribution in [3.63, 3.8) is 0 Å². The molecule has 0 saturated heterocycles. The largest absolute Gasteiger partial charge is 0.357 e. The maximum atomic E-state index is 16.2. The Hall–Kier alpha value is -2.31. The van der Waals surface area contributed by atoms with Gasteiger partial charge in [-0.25, -0.2) is 13.2 Å². The minimum absolute atomic E-state index is 0.250. The van der Waals surface area contributed by atoms with Crippen LogP contribution in [-0.2, 0) is 17.5 Å². The fourth-order valence-corrected chi connectivity index (χ4v) is 5.68. The molecule has 1 spiro atoms. The second-order valence-electron chi connectivity index (χ2n) is 8.92. The zero-order chi connectivity index (χ0) is 21.1. The molecule has 0 radical (unpaired) electrons. The van der Waals surface area contributed by atoms with Gasteiger partial charge in [-0.1, -0.05) is 12.1 Å². The van der Waals surface area contributed by atoms with Crippen molar-refractivity contribution in [2.45, 2.75) is 42.9 Å². The number of rotatable bonds is 2. The Labute approximate surface area is 174 Å². The zero-order valence-corrected chi connectivity index (χ0v) is 17.2. The first kappa shape index (κ1) is 19.6. The molecule has 1 fully saturated rings. The number of fused-ring (bicyclic) bond motifs is 4. The van der Waals surface area contributed by atoms with E-state index in [1.165, 1.54) is 24.3 Å². The van der Waals surface area contributed by atoms with Gasteiger partial charge in [0.1, 0.15) is 17.8 Å². The van der Waals surface area contributed by atoms with Crippen LogP contribution in [0.2, 0.25) is 0 Å². The smallest absolute Gasteiger partial charge is 0.126 e. The van der Waals surface area contributed by atoms with Gasteiger partial charge in [-0.15, -0.1) is 0 Å². The maximum Gasteiger partial charge on any atom is 0.126 e. The van der Waals surface area contributed by atoms with Crippen molar-refractivity contribution in [3.8, 4) is 0 Å². The van der Waals surface area contributed by atoms with Gasteiger partial charge < -0.3 is 10.3 Å². The molecular weight excluding hydrogens is 387 g/mol. The zero-order valence-electron chi connectivity index (χ0n) is 17.2. The molecule has 1 saturated carbocycles. The molecule has 30 heavy (non-hydrogen) atoms. The fourth-order valence-electron chi connectivity index (χ4n) is 5.68. The van der Waals surface area contributed by atoms with Gasteiger partial charge in [0, 0.05) is 35.1 Å². The number of hydrogen-bond acceptors (Lipinski definition) is 2. The van der Waals surface area contributed by atoms with Crippen LogP contribution < -0.4 is 5.32 Å². The Morgan fingerprint density at radius 3 is 2.57 bits per heavy atom. The van der Waals surface area contributed by atoms with E-state index in [9.17, 15) is 8.78 Å². The van der Waals surface area contributed by atoms with Gasteiger partial charge in [0.25, 0.3) is 0 Å². The number of hydrogen-bond donors (Lipinski definition) is 2. The SMILES string of the molecule is CN(C)C1(c2cccc(F)c2)CCC2(NCCc3c2[nH]c2ccc(F)cc32)C(F)C1. The van der Waals surface area contributed by atoms with Crippen LogP contribution in [0.3, 0.4) is 0 Å². The van der Waals surface area contributed by atoms with Gasteiger partial charge in [0.2, 0.25) is 0 Å². The Morgan fingerprint density at radius 1 is 1.03 bits per heavy atom. The predicted octanol–water partition coefficient (Wildman–Crippen LogP) is 4.77. The number of alkyl halides is 1. The molecule has 0 bridgehead atoms. The van der Waals surface area contributed by atoms with Crippen LogP contribution in [0.25, 0.3) is 10.9 Å². The summed E-state index contributed by atoms with van der Waals surface area (Å²) in [6.07, 6.45) is 1.04. The first-order valence-electron chi connectivity index (χ1n) is 10.5. The molecule has 3 nitrogen and oxygen atoms in total. The Morgan fingerprint density at radius 2 is 1.83 bits per heavy atom. The summed E-state index contributed by atoms with van der Waals surface area (Å²) >= 11 is 0. The van der Waals surface area contributed by atoms with Gasteiger partial charge in [-0.05, 0) is 74.8 Å². The predicted molar refractivity (Wildman–Crippen MR) is 112 cm³/mol. The fraction of sp³-hybridized carbons (Fsp3) is 0.417. The van der Waals surface area contributed by atoms with E-state index < -0.39 is 17.2 Å². The lowest BCUT2D eigenvalue weighted by molar-refractivity contribution is -0.0148. The lowest BCUT2D eigenvalue weighted by Gasteiger charge is -2.53. The van der Waals surface area contributed by atoms with Crippen molar-refractivity contribution >= 4 is 10.9 Å². The highest BCUT2D eigenvalue weighted by atomic mass is 19.1. The summed E-state index contributed by atoms with van der Waals surface area (Å²) in [6.45, 7) is 0.645. The minimum atomic E-state index is -1.19. The third kappa shape index (κ3) is 2.73. The van der Waals surface area contributed by atoms with E-state index in [4.69, 9.17) is 0 Å². The van der Waals surface area contributed by atoms with E-state index in [-0.39, 0.29) is 18.1 Å². The van der Waals surface area contributed by atoms with Crippen LogP contribution >= 0.6 is 0 Å². The third-order valence-electron chi connectivity index (χ3n) is 7.33. The van der Waals surface area contributed by atoms with E-state index in [1.807, 2.05) is 25.1 Å². The summed E-state index contributed by atoms with van der Waals surface area (Å²) in [7, 11) is 3.86. The van der Waals surface area contributed by atoms with Gasteiger partial charge in [-0.3, -0.25) is 4.90 Å². The van der Waals surface area contributed by atoms with Crippen LogP contribution in [0.4, 0.5) is 13.2 Å². The highest BCUT2D eigenvalue weighted by molar-refractivity contribution is 5.85. The Bertz CT molecular complexity index is 1110. The molecule has 1 aliphatic heterocycles. The van der Waals surface area contributed by atoms with E-state index >= 15 is 4.39 Å². The summed E-state index contributed by atoms with van der Waals surface area (Å²) in [6, 6.07) is 11.2. The van der Waals surface area contributed by atoms with E-state index in [1.54, 1.807) is 12.1 Å². The first-order valence-corrected chi connectivity index (χ1v) is 10.5. The number of benzene rings is 2. The molecule has 3 atom stereocenters. The minimum Gasteiger partial charge on any atom is -0.357 e. The quantitative estimate of drug-likeness (QED) is 0.634. The van der Waals surface area contributed by atoms with Gasteiger partial charge in [0.05, 0.1) is 5.54 Å². The molecule has 1 aromatic heterocycles. The average molecular weight is 413 g/mol. The van der Waals surface area contributed by atoms with Crippen molar-refractivity contribution in [3.05, 3.63) is 70.9 Å². The highest BCUT2D eigenvalue weighted by Crippen LogP contribution is 2.51. The molecule has 2 aliphatic rings. The molecule has 0 amide bonds. The lowest BCUT2D eigenvalue weighted by atomic mass is 9.65. The molecule has 2 heterocycles. The molecule has 6 heteroatoms. The molecule has 158 valence electrons. The van der Waals surface area contributed by atoms with Crippen molar-refractivity contribution in [2.24, 2.45) is 0 Å². The van der Waals surface area contributed by atoms with Crippen LogP contribution in [0, 0.1) is 11.6 Å². The van der Waals surface area contributed by atoms with E-state index in [2.05, 4.69) is 10.3 Å². The number of nitrogens with one attached hydrogen (secondary N) is 2. The van der Waals surface area contributed by atoms with Gasteiger partial charge in [0.15, 0.2) is 0 Å². The summed E-state index contributed by atoms with van der Waals surface area (Å²) in [5.74, 6) is -0.588. The second kappa shape index (κ2) is 6.86.